The lowest BCUT2D eigenvalue weighted by Crippen LogP contribution is -2.44. The van der Waals surface area contributed by atoms with Crippen LogP contribution in [-0.4, -0.2) is 44.8 Å². The van der Waals surface area contributed by atoms with E-state index >= 15 is 0 Å². The highest BCUT2D eigenvalue weighted by atomic mass is 16.5. The lowest BCUT2D eigenvalue weighted by atomic mass is 9.87. The van der Waals surface area contributed by atoms with E-state index in [0.29, 0.717) is 12.6 Å². The van der Waals surface area contributed by atoms with Crippen molar-refractivity contribution in [3.8, 4) is 0 Å². The third kappa shape index (κ3) is 5.37. The van der Waals surface area contributed by atoms with Crippen molar-refractivity contribution in [3.05, 3.63) is 29.8 Å². The van der Waals surface area contributed by atoms with Crippen LogP contribution in [0.2, 0.25) is 0 Å². The van der Waals surface area contributed by atoms with E-state index in [1.165, 1.54) is 36.9 Å². The summed E-state index contributed by atoms with van der Waals surface area (Å²) >= 11 is 0. The first-order valence-corrected chi connectivity index (χ1v) is 10.2. The van der Waals surface area contributed by atoms with Crippen molar-refractivity contribution in [1.82, 2.24) is 10.6 Å². The molecule has 3 rings (SSSR count). The molecule has 0 atom stereocenters. The van der Waals surface area contributed by atoms with E-state index in [1.807, 2.05) is 0 Å². The zero-order valence-corrected chi connectivity index (χ0v) is 16.3. The number of benzene rings is 1. The van der Waals surface area contributed by atoms with E-state index in [-0.39, 0.29) is 0 Å². The number of nitrogens with one attached hydrogen (secondary N) is 2. The Morgan fingerprint density at radius 1 is 1.15 bits per heavy atom. The number of nitrogens with zero attached hydrogens (tertiary/aromatic N) is 2. The van der Waals surface area contributed by atoms with Gasteiger partial charge in [0.1, 0.15) is 0 Å². The molecule has 1 aromatic carbocycles. The van der Waals surface area contributed by atoms with E-state index in [4.69, 9.17) is 9.73 Å². The predicted octanol–water partition coefficient (Wildman–Crippen LogP) is 3.16. The Morgan fingerprint density at radius 2 is 1.88 bits per heavy atom. The molecule has 5 heteroatoms. The van der Waals surface area contributed by atoms with Crippen LogP contribution in [0.4, 0.5) is 5.69 Å². The first kappa shape index (κ1) is 19.0. The maximum absolute atomic E-state index is 5.49. The van der Waals surface area contributed by atoms with Crippen LogP contribution in [0, 0.1) is 5.92 Å². The van der Waals surface area contributed by atoms with Gasteiger partial charge in [-0.1, -0.05) is 25.1 Å². The number of ether oxygens (including phenoxy) is 1. The molecule has 0 bridgehead atoms. The Labute approximate surface area is 158 Å². The highest BCUT2D eigenvalue weighted by Gasteiger charge is 2.19. The largest absolute Gasteiger partial charge is 0.378 e. The van der Waals surface area contributed by atoms with Crippen molar-refractivity contribution >= 4 is 11.6 Å². The van der Waals surface area contributed by atoms with Crippen molar-refractivity contribution < 1.29 is 4.74 Å². The third-order valence-electron chi connectivity index (χ3n) is 5.45. The highest BCUT2D eigenvalue weighted by Crippen LogP contribution is 2.24. The Morgan fingerprint density at radius 3 is 2.62 bits per heavy atom. The molecule has 1 heterocycles. The van der Waals surface area contributed by atoms with Crippen LogP contribution in [0.3, 0.4) is 0 Å². The fourth-order valence-electron chi connectivity index (χ4n) is 3.84. The van der Waals surface area contributed by atoms with Crippen LogP contribution in [0.1, 0.15) is 45.1 Å². The second-order valence-corrected chi connectivity index (χ2v) is 7.52. The molecule has 0 aromatic heterocycles. The second-order valence-electron chi connectivity index (χ2n) is 7.52. The van der Waals surface area contributed by atoms with Gasteiger partial charge in [-0.05, 0) is 50.2 Å². The van der Waals surface area contributed by atoms with Gasteiger partial charge >= 0.3 is 0 Å². The maximum Gasteiger partial charge on any atom is 0.191 e. The fraction of sp³-hybridized carbons (Fsp3) is 0.667. The first-order valence-electron chi connectivity index (χ1n) is 10.2. The number of anilines is 1. The number of rotatable bonds is 5. The molecule has 5 nitrogen and oxygen atoms in total. The molecule has 0 unspecified atom stereocenters. The molecule has 0 spiro atoms. The summed E-state index contributed by atoms with van der Waals surface area (Å²) in [6.07, 6.45) is 5.12. The van der Waals surface area contributed by atoms with Gasteiger partial charge in [0.15, 0.2) is 5.96 Å². The summed E-state index contributed by atoms with van der Waals surface area (Å²) in [4.78, 5) is 7.30. The minimum Gasteiger partial charge on any atom is -0.378 e. The molecule has 2 fully saturated rings. The van der Waals surface area contributed by atoms with Crippen LogP contribution < -0.4 is 15.5 Å². The maximum atomic E-state index is 5.49. The van der Waals surface area contributed by atoms with E-state index in [0.717, 1.165) is 44.7 Å². The van der Waals surface area contributed by atoms with Crippen LogP contribution in [0.25, 0.3) is 0 Å². The van der Waals surface area contributed by atoms with Gasteiger partial charge < -0.3 is 20.3 Å². The SMILES string of the molecule is CCNC(=NCc1ccccc1N1CCOCC1)NC1CCC(C)CC1. The van der Waals surface area contributed by atoms with Crippen molar-refractivity contribution in [3.63, 3.8) is 0 Å². The molecular formula is C21H34N4O. The number of guanidine groups is 1. The van der Waals surface area contributed by atoms with Gasteiger partial charge in [0.25, 0.3) is 0 Å². The van der Waals surface area contributed by atoms with Gasteiger partial charge in [0.05, 0.1) is 19.8 Å². The standard InChI is InChI=1S/C21H34N4O/c1-3-22-21(24-19-10-8-17(2)9-11-19)23-16-18-6-4-5-7-20(18)25-12-14-26-15-13-25/h4-7,17,19H,3,8-16H2,1-2H3,(H2,22,23,24). The van der Waals surface area contributed by atoms with Crippen molar-refractivity contribution in [2.75, 3.05) is 37.7 Å². The summed E-state index contributed by atoms with van der Waals surface area (Å²) in [5, 5.41) is 7.07. The van der Waals surface area contributed by atoms with E-state index in [1.54, 1.807) is 0 Å². The number of morpholine rings is 1. The molecule has 2 N–H and O–H groups in total. The molecule has 2 aliphatic rings. The molecule has 0 radical (unpaired) electrons. The molecular weight excluding hydrogens is 324 g/mol. The van der Waals surface area contributed by atoms with Gasteiger partial charge in [-0.3, -0.25) is 0 Å². The van der Waals surface area contributed by atoms with E-state index < -0.39 is 0 Å². The van der Waals surface area contributed by atoms with Gasteiger partial charge in [0.2, 0.25) is 0 Å². The molecule has 1 saturated carbocycles. The van der Waals surface area contributed by atoms with Crippen LogP contribution >= 0.6 is 0 Å². The topological polar surface area (TPSA) is 48.9 Å². The van der Waals surface area contributed by atoms with Crippen LogP contribution in [0.5, 0.6) is 0 Å². The van der Waals surface area contributed by atoms with Crippen molar-refractivity contribution in [2.45, 2.75) is 52.1 Å². The Hall–Kier alpha value is -1.75. The molecule has 144 valence electrons. The summed E-state index contributed by atoms with van der Waals surface area (Å²) < 4.78 is 5.49. The van der Waals surface area contributed by atoms with Gasteiger partial charge in [0, 0.05) is 31.4 Å². The molecule has 1 aromatic rings. The monoisotopic (exact) mass is 358 g/mol. The zero-order chi connectivity index (χ0) is 18.2. The summed E-state index contributed by atoms with van der Waals surface area (Å²) in [5.41, 5.74) is 2.57. The second kappa shape index (κ2) is 9.81. The predicted molar refractivity (Wildman–Crippen MR) is 109 cm³/mol. The van der Waals surface area contributed by atoms with Crippen LogP contribution in [-0.2, 0) is 11.3 Å². The first-order chi connectivity index (χ1) is 12.8. The molecule has 1 aliphatic carbocycles. The molecule has 1 saturated heterocycles. The molecule has 0 amide bonds. The lowest BCUT2D eigenvalue weighted by Gasteiger charge is -2.30. The van der Waals surface area contributed by atoms with Crippen molar-refractivity contribution in [2.24, 2.45) is 10.9 Å². The highest BCUT2D eigenvalue weighted by molar-refractivity contribution is 5.80. The number of aliphatic imine (C=N–C) groups is 1. The number of hydrogen-bond acceptors (Lipinski definition) is 3. The minimum absolute atomic E-state index is 0.554. The summed E-state index contributed by atoms with van der Waals surface area (Å²) in [6, 6.07) is 9.18. The van der Waals surface area contributed by atoms with Crippen molar-refractivity contribution in [1.29, 1.82) is 0 Å². The molecule has 1 aliphatic heterocycles. The number of para-hydroxylation sites is 1. The van der Waals surface area contributed by atoms with Gasteiger partial charge in [-0.25, -0.2) is 4.99 Å². The van der Waals surface area contributed by atoms with Gasteiger partial charge in [-0.2, -0.15) is 0 Å². The third-order valence-corrected chi connectivity index (χ3v) is 5.45. The fourth-order valence-corrected chi connectivity index (χ4v) is 3.84. The smallest absolute Gasteiger partial charge is 0.191 e. The zero-order valence-electron chi connectivity index (χ0n) is 16.3. The van der Waals surface area contributed by atoms with E-state index in [2.05, 4.69) is 53.6 Å². The average molecular weight is 359 g/mol. The average Bonchev–Trinajstić information content (AvgIpc) is 2.69. The van der Waals surface area contributed by atoms with E-state index in [9.17, 15) is 0 Å². The quantitative estimate of drug-likeness (QED) is 0.627. The Bertz CT molecular complexity index is 575. The summed E-state index contributed by atoms with van der Waals surface area (Å²) in [6.45, 7) is 9.61. The minimum atomic E-state index is 0.554. The lowest BCUT2D eigenvalue weighted by molar-refractivity contribution is 0.122. The normalized spacial score (nSPS) is 24.4. The summed E-state index contributed by atoms with van der Waals surface area (Å²) in [7, 11) is 0. The Balaban J connectivity index is 1.65. The Kier molecular flexibility index (Phi) is 7.18. The number of hydrogen-bond donors (Lipinski definition) is 2. The summed E-state index contributed by atoms with van der Waals surface area (Å²) in [5.74, 6) is 1.82. The molecule has 26 heavy (non-hydrogen) atoms. The van der Waals surface area contributed by atoms with Crippen LogP contribution in [0.15, 0.2) is 29.3 Å². The van der Waals surface area contributed by atoms with Gasteiger partial charge in [-0.15, -0.1) is 0 Å².